The summed E-state index contributed by atoms with van der Waals surface area (Å²) < 4.78 is 4.73. The summed E-state index contributed by atoms with van der Waals surface area (Å²) in [7, 11) is 1.26. The van der Waals surface area contributed by atoms with Gasteiger partial charge < -0.3 is 36.0 Å². The molecule has 4 amide bonds. The van der Waals surface area contributed by atoms with E-state index in [-0.39, 0.29) is 25.8 Å². The van der Waals surface area contributed by atoms with E-state index in [9.17, 15) is 39.1 Å². The maximum Gasteiger partial charge on any atom is 0.306 e. The number of aliphatic carboxylic acids is 1. The average molecular weight is 689 g/mol. The van der Waals surface area contributed by atoms with Crippen molar-refractivity contribution in [3.05, 3.63) is 64.7 Å². The standard InChI is InChI=1S/C36H44N6O8/c1-20(2)31(36(49)42-15-14-22-16-21(3)12-13-25(22)32(42)35(48)38-24(19-37)18-29(43)44)41-33(46)27(10-7-11-30(45)50-4)40-34(47)28-17-23-8-5-6-9-26(23)39-28/h5-6,8-9,12-13,16,20,24,27-28,31-32,39H,7,10-11,14-15,17-18H2,1-4H3,(H,38,48)(H,40,47)(H,41,46)(H,43,44)/t24-,27-,28?,31-,32-/m0/s1. The molecule has 5 atom stereocenters. The van der Waals surface area contributed by atoms with Gasteiger partial charge in [0.15, 0.2) is 0 Å². The number of amides is 4. The van der Waals surface area contributed by atoms with Crippen molar-refractivity contribution in [2.75, 3.05) is 19.0 Å². The smallest absolute Gasteiger partial charge is 0.306 e. The number of esters is 1. The zero-order valence-electron chi connectivity index (χ0n) is 28.7. The van der Waals surface area contributed by atoms with Crippen LogP contribution < -0.4 is 21.3 Å². The van der Waals surface area contributed by atoms with Gasteiger partial charge >= 0.3 is 11.9 Å². The van der Waals surface area contributed by atoms with Crippen LogP contribution in [0.1, 0.15) is 67.8 Å². The minimum Gasteiger partial charge on any atom is -0.481 e. The number of hydrogen-bond donors (Lipinski definition) is 5. The molecule has 5 N–H and O–H groups in total. The number of carbonyl (C=O) groups excluding carboxylic acids is 5. The van der Waals surface area contributed by atoms with Gasteiger partial charge in [0.25, 0.3) is 0 Å². The summed E-state index contributed by atoms with van der Waals surface area (Å²) in [5.74, 6) is -4.52. The number of benzene rings is 2. The van der Waals surface area contributed by atoms with E-state index in [0.717, 1.165) is 22.4 Å². The topological polar surface area (TPSA) is 207 Å². The number of ether oxygens (including phenoxy) is 1. The fraction of sp³-hybridized carbons (Fsp3) is 0.472. The molecule has 0 aromatic heterocycles. The molecule has 0 fully saturated rings. The number of para-hydroxylation sites is 1. The van der Waals surface area contributed by atoms with Crippen molar-refractivity contribution in [3.63, 3.8) is 0 Å². The molecule has 4 rings (SSSR count). The first-order chi connectivity index (χ1) is 23.8. The van der Waals surface area contributed by atoms with E-state index in [1.54, 1.807) is 32.0 Å². The zero-order chi connectivity index (χ0) is 36.5. The highest BCUT2D eigenvalue weighted by molar-refractivity contribution is 5.96. The van der Waals surface area contributed by atoms with E-state index in [2.05, 4.69) is 21.3 Å². The fourth-order valence-electron chi connectivity index (χ4n) is 6.33. The van der Waals surface area contributed by atoms with Crippen molar-refractivity contribution < 1.29 is 38.6 Å². The van der Waals surface area contributed by atoms with Crippen LogP contribution in [0.2, 0.25) is 0 Å². The second-order valence-corrected chi connectivity index (χ2v) is 13.0. The molecule has 2 aromatic carbocycles. The van der Waals surface area contributed by atoms with Gasteiger partial charge in [0, 0.05) is 25.1 Å². The normalized spacial score (nSPS) is 17.9. The van der Waals surface area contributed by atoms with Crippen LogP contribution in [-0.4, -0.2) is 83.4 Å². The summed E-state index contributed by atoms with van der Waals surface area (Å²) in [5.41, 5.74) is 4.11. The monoisotopic (exact) mass is 688 g/mol. The number of nitriles is 1. The number of carbonyl (C=O) groups is 6. The molecule has 0 aliphatic carbocycles. The third-order valence-electron chi connectivity index (χ3n) is 8.96. The van der Waals surface area contributed by atoms with E-state index in [1.165, 1.54) is 12.0 Å². The Balaban J connectivity index is 1.57. The summed E-state index contributed by atoms with van der Waals surface area (Å²) in [5, 5.41) is 30.0. The average Bonchev–Trinajstić information content (AvgIpc) is 3.53. The number of nitrogens with zero attached hydrogens (tertiary/aromatic N) is 2. The summed E-state index contributed by atoms with van der Waals surface area (Å²) in [6, 6.07) is 9.38. The van der Waals surface area contributed by atoms with Gasteiger partial charge in [-0.05, 0) is 54.9 Å². The molecule has 2 heterocycles. The lowest BCUT2D eigenvalue weighted by molar-refractivity contribution is -0.146. The van der Waals surface area contributed by atoms with Gasteiger partial charge in [0.1, 0.15) is 30.2 Å². The number of rotatable bonds is 14. The van der Waals surface area contributed by atoms with Gasteiger partial charge in [-0.15, -0.1) is 0 Å². The first-order valence-corrected chi connectivity index (χ1v) is 16.7. The number of carboxylic acids is 1. The number of anilines is 1. The van der Waals surface area contributed by atoms with Crippen molar-refractivity contribution in [1.82, 2.24) is 20.9 Å². The predicted molar refractivity (Wildman–Crippen MR) is 181 cm³/mol. The molecule has 0 saturated heterocycles. The predicted octanol–water partition coefficient (Wildman–Crippen LogP) is 1.91. The van der Waals surface area contributed by atoms with Crippen molar-refractivity contribution in [3.8, 4) is 6.07 Å². The Morgan fingerprint density at radius 3 is 2.44 bits per heavy atom. The molecule has 50 heavy (non-hydrogen) atoms. The lowest BCUT2D eigenvalue weighted by Gasteiger charge is -2.39. The van der Waals surface area contributed by atoms with Crippen molar-refractivity contribution in [2.45, 2.75) is 89.5 Å². The van der Waals surface area contributed by atoms with E-state index in [1.807, 2.05) is 37.3 Å². The molecule has 1 unspecified atom stereocenters. The van der Waals surface area contributed by atoms with Crippen LogP contribution in [0.4, 0.5) is 5.69 Å². The number of fused-ring (bicyclic) bond motifs is 2. The summed E-state index contributed by atoms with van der Waals surface area (Å²) in [4.78, 5) is 79.8. The van der Waals surface area contributed by atoms with Crippen LogP contribution in [0.5, 0.6) is 0 Å². The molecule has 2 aliphatic heterocycles. The van der Waals surface area contributed by atoms with Crippen LogP contribution in [-0.2, 0) is 46.3 Å². The maximum absolute atomic E-state index is 14.3. The highest BCUT2D eigenvalue weighted by Gasteiger charge is 2.41. The molecule has 2 aliphatic rings. The Bertz CT molecular complexity index is 1640. The Morgan fingerprint density at radius 1 is 1.04 bits per heavy atom. The molecule has 0 bridgehead atoms. The molecule has 14 heteroatoms. The first-order valence-electron chi connectivity index (χ1n) is 16.7. The van der Waals surface area contributed by atoms with Gasteiger partial charge in [-0.1, -0.05) is 55.8 Å². The van der Waals surface area contributed by atoms with Crippen molar-refractivity contribution in [1.29, 1.82) is 5.26 Å². The van der Waals surface area contributed by atoms with Crippen LogP contribution in [0.15, 0.2) is 42.5 Å². The number of nitrogens with one attached hydrogen (secondary N) is 4. The first kappa shape index (κ1) is 37.4. The second-order valence-electron chi connectivity index (χ2n) is 13.0. The molecule has 14 nitrogen and oxygen atoms in total. The molecule has 0 saturated carbocycles. The fourth-order valence-corrected chi connectivity index (χ4v) is 6.33. The third kappa shape index (κ3) is 9.16. The lowest BCUT2D eigenvalue weighted by atomic mass is 9.89. The maximum atomic E-state index is 14.3. The third-order valence-corrected chi connectivity index (χ3v) is 8.96. The van der Waals surface area contributed by atoms with Crippen LogP contribution in [0.3, 0.4) is 0 Å². The summed E-state index contributed by atoms with van der Waals surface area (Å²) in [6.45, 7) is 5.50. The quantitative estimate of drug-likeness (QED) is 0.182. The van der Waals surface area contributed by atoms with Gasteiger partial charge in [-0.2, -0.15) is 5.26 Å². The Kier molecular flexibility index (Phi) is 12.5. The van der Waals surface area contributed by atoms with E-state index >= 15 is 0 Å². The molecular formula is C36H44N6O8. The molecule has 266 valence electrons. The second kappa shape index (κ2) is 16.8. The minimum absolute atomic E-state index is 0.0187. The Hall–Kier alpha value is -5.45. The largest absolute Gasteiger partial charge is 0.481 e. The van der Waals surface area contributed by atoms with E-state index < -0.39 is 78.1 Å². The molecule has 2 aromatic rings. The van der Waals surface area contributed by atoms with Crippen molar-refractivity contribution >= 4 is 41.3 Å². The Labute approximate surface area is 290 Å². The highest BCUT2D eigenvalue weighted by atomic mass is 16.5. The van der Waals surface area contributed by atoms with Gasteiger partial charge in [-0.3, -0.25) is 28.8 Å². The van der Waals surface area contributed by atoms with Crippen LogP contribution in [0.25, 0.3) is 0 Å². The number of aryl methyl sites for hydroxylation is 1. The van der Waals surface area contributed by atoms with Gasteiger partial charge in [0.2, 0.25) is 23.6 Å². The SMILES string of the molecule is COC(=O)CCC[C@H](NC(=O)C1Cc2ccccc2N1)C(=O)N[C@H](C(=O)N1CCc2cc(C)ccc2[C@H]1C(=O)N[C@H](C#N)CC(=O)O)C(C)C. The number of hydrogen-bond acceptors (Lipinski definition) is 9. The zero-order valence-corrected chi connectivity index (χ0v) is 28.7. The van der Waals surface area contributed by atoms with E-state index in [4.69, 9.17) is 4.74 Å². The van der Waals surface area contributed by atoms with Crippen molar-refractivity contribution in [2.24, 2.45) is 5.92 Å². The van der Waals surface area contributed by atoms with Gasteiger partial charge in [0.05, 0.1) is 19.6 Å². The molecular weight excluding hydrogens is 644 g/mol. The summed E-state index contributed by atoms with van der Waals surface area (Å²) in [6.07, 6.45) is 0.552. The number of methoxy groups -OCH3 is 1. The van der Waals surface area contributed by atoms with Gasteiger partial charge in [-0.25, -0.2) is 0 Å². The summed E-state index contributed by atoms with van der Waals surface area (Å²) >= 11 is 0. The van der Waals surface area contributed by atoms with E-state index in [0.29, 0.717) is 18.4 Å². The molecule has 0 radical (unpaired) electrons. The Morgan fingerprint density at radius 2 is 1.78 bits per heavy atom. The lowest BCUT2D eigenvalue weighted by Crippen LogP contribution is -2.59. The molecule has 0 spiro atoms. The van der Waals surface area contributed by atoms with Crippen LogP contribution >= 0.6 is 0 Å². The minimum atomic E-state index is -1.33. The number of carboxylic acid groups (broad SMARTS) is 1. The van der Waals surface area contributed by atoms with Crippen LogP contribution in [0, 0.1) is 24.2 Å². The highest BCUT2D eigenvalue weighted by Crippen LogP contribution is 2.32.